The second-order valence-electron chi connectivity index (χ2n) is 3.45. The monoisotopic (exact) mass is 234 g/mol. The van der Waals surface area contributed by atoms with Gasteiger partial charge in [0, 0.05) is 11.6 Å². The molecule has 0 aliphatic heterocycles. The predicted octanol–water partition coefficient (Wildman–Crippen LogP) is 1.82. The molecule has 0 spiro atoms. The van der Waals surface area contributed by atoms with Crippen LogP contribution in [0.4, 0.5) is 0 Å². The smallest absolute Gasteiger partial charge is 0.150 e. The molecule has 0 aliphatic rings. The third-order valence-corrected chi connectivity index (χ3v) is 2.44. The molecule has 0 atom stereocenters. The molecule has 2 aromatic rings. The van der Waals surface area contributed by atoms with Crippen LogP contribution in [-0.4, -0.2) is 19.4 Å². The lowest BCUT2D eigenvalue weighted by molar-refractivity contribution is 0.385. The van der Waals surface area contributed by atoms with Crippen molar-refractivity contribution in [2.45, 2.75) is 6.54 Å². The van der Waals surface area contributed by atoms with Crippen molar-refractivity contribution < 1.29 is 14.0 Å². The minimum absolute atomic E-state index is 0.319. The molecule has 0 bridgehead atoms. The summed E-state index contributed by atoms with van der Waals surface area (Å²) in [5.41, 5.74) is 6.97. The van der Waals surface area contributed by atoms with Crippen molar-refractivity contribution in [1.82, 2.24) is 5.16 Å². The van der Waals surface area contributed by atoms with Gasteiger partial charge in [-0.3, -0.25) is 0 Å². The second-order valence-corrected chi connectivity index (χ2v) is 3.45. The van der Waals surface area contributed by atoms with Gasteiger partial charge in [0.1, 0.15) is 17.2 Å². The summed E-state index contributed by atoms with van der Waals surface area (Å²) in [7, 11) is 3.22. The summed E-state index contributed by atoms with van der Waals surface area (Å²) in [6, 6.07) is 7.28. The van der Waals surface area contributed by atoms with E-state index in [9.17, 15) is 0 Å². The van der Waals surface area contributed by atoms with Crippen LogP contribution in [0.2, 0.25) is 0 Å². The lowest BCUT2D eigenvalue weighted by atomic mass is 10.1. The normalized spacial score (nSPS) is 10.3. The number of nitrogens with two attached hydrogens (primary N) is 1. The van der Waals surface area contributed by atoms with Gasteiger partial charge < -0.3 is 19.7 Å². The first kappa shape index (κ1) is 11.5. The van der Waals surface area contributed by atoms with Crippen LogP contribution in [0.1, 0.15) is 5.76 Å². The zero-order valence-corrected chi connectivity index (χ0v) is 9.77. The fourth-order valence-corrected chi connectivity index (χ4v) is 1.55. The molecule has 17 heavy (non-hydrogen) atoms. The third kappa shape index (κ3) is 2.24. The van der Waals surface area contributed by atoms with Gasteiger partial charge in [-0.2, -0.15) is 0 Å². The minimum Gasteiger partial charge on any atom is -0.497 e. The molecule has 2 N–H and O–H groups in total. The fourth-order valence-electron chi connectivity index (χ4n) is 1.55. The zero-order chi connectivity index (χ0) is 12.3. The molecule has 1 aromatic heterocycles. The molecule has 2 rings (SSSR count). The van der Waals surface area contributed by atoms with E-state index in [4.69, 9.17) is 19.7 Å². The number of hydrogen-bond donors (Lipinski definition) is 1. The highest BCUT2D eigenvalue weighted by atomic mass is 16.5. The molecule has 0 amide bonds. The van der Waals surface area contributed by atoms with Crippen LogP contribution >= 0.6 is 0 Å². The molecule has 0 saturated heterocycles. The van der Waals surface area contributed by atoms with Crippen molar-refractivity contribution in [2.75, 3.05) is 14.2 Å². The molecule has 0 saturated carbocycles. The standard InChI is InChI=1S/C12H14N2O3/c1-15-8-3-4-12(16-2)10(5-8)11-6-9(7-13)17-14-11/h3-6H,7,13H2,1-2H3. The molecule has 0 fully saturated rings. The van der Waals surface area contributed by atoms with Gasteiger partial charge in [-0.1, -0.05) is 5.16 Å². The van der Waals surface area contributed by atoms with E-state index in [0.717, 1.165) is 11.3 Å². The molecule has 90 valence electrons. The Hall–Kier alpha value is -2.01. The average molecular weight is 234 g/mol. The summed E-state index contributed by atoms with van der Waals surface area (Å²) in [5.74, 6) is 2.07. The van der Waals surface area contributed by atoms with E-state index in [0.29, 0.717) is 23.7 Å². The van der Waals surface area contributed by atoms with Crippen molar-refractivity contribution in [1.29, 1.82) is 0 Å². The van der Waals surface area contributed by atoms with E-state index < -0.39 is 0 Å². The van der Waals surface area contributed by atoms with Crippen LogP contribution in [-0.2, 0) is 6.54 Å². The Morgan fingerprint density at radius 3 is 2.65 bits per heavy atom. The summed E-state index contributed by atoms with van der Waals surface area (Å²) in [6.45, 7) is 0.319. The van der Waals surface area contributed by atoms with E-state index in [1.54, 1.807) is 20.3 Å². The number of aromatic nitrogens is 1. The SMILES string of the molecule is COc1ccc(OC)c(-c2cc(CN)on2)c1. The maximum atomic E-state index is 5.48. The van der Waals surface area contributed by atoms with E-state index in [-0.39, 0.29) is 0 Å². The van der Waals surface area contributed by atoms with Gasteiger partial charge in [-0.25, -0.2) is 0 Å². The lowest BCUT2D eigenvalue weighted by Crippen LogP contribution is -1.93. The summed E-state index contributed by atoms with van der Waals surface area (Å²) in [6.07, 6.45) is 0. The van der Waals surface area contributed by atoms with Crippen molar-refractivity contribution in [3.05, 3.63) is 30.0 Å². The first-order valence-electron chi connectivity index (χ1n) is 5.16. The third-order valence-electron chi connectivity index (χ3n) is 2.44. The molecule has 0 radical (unpaired) electrons. The Labute approximate surface area is 99.1 Å². The van der Waals surface area contributed by atoms with Crippen molar-refractivity contribution in [3.63, 3.8) is 0 Å². The largest absolute Gasteiger partial charge is 0.497 e. The van der Waals surface area contributed by atoms with Crippen LogP contribution in [0, 0.1) is 0 Å². The number of benzene rings is 1. The number of hydrogen-bond acceptors (Lipinski definition) is 5. The van der Waals surface area contributed by atoms with Gasteiger partial charge in [-0.05, 0) is 18.2 Å². The molecule has 0 unspecified atom stereocenters. The molecule has 5 heteroatoms. The van der Waals surface area contributed by atoms with Crippen molar-refractivity contribution in [2.24, 2.45) is 5.73 Å². The maximum absolute atomic E-state index is 5.48. The van der Waals surface area contributed by atoms with E-state index >= 15 is 0 Å². The van der Waals surface area contributed by atoms with Gasteiger partial charge in [0.05, 0.1) is 20.8 Å². The fraction of sp³-hybridized carbons (Fsp3) is 0.250. The van der Waals surface area contributed by atoms with Gasteiger partial charge in [-0.15, -0.1) is 0 Å². The number of nitrogens with zero attached hydrogens (tertiary/aromatic N) is 1. The quantitative estimate of drug-likeness (QED) is 0.873. The summed E-state index contributed by atoms with van der Waals surface area (Å²) in [5, 5.41) is 3.95. The molecular formula is C12H14N2O3. The highest BCUT2D eigenvalue weighted by Crippen LogP contribution is 2.32. The molecule has 1 aromatic carbocycles. The first-order valence-corrected chi connectivity index (χ1v) is 5.16. The van der Waals surface area contributed by atoms with Gasteiger partial charge in [0.2, 0.25) is 0 Å². The molecular weight excluding hydrogens is 220 g/mol. The molecule has 1 heterocycles. The second kappa shape index (κ2) is 4.88. The van der Waals surface area contributed by atoms with Crippen LogP contribution < -0.4 is 15.2 Å². The lowest BCUT2D eigenvalue weighted by Gasteiger charge is -2.07. The van der Waals surface area contributed by atoms with Crippen molar-refractivity contribution in [3.8, 4) is 22.8 Å². The van der Waals surface area contributed by atoms with Crippen LogP contribution in [0.3, 0.4) is 0 Å². The van der Waals surface area contributed by atoms with Gasteiger partial charge >= 0.3 is 0 Å². The number of ether oxygens (including phenoxy) is 2. The Morgan fingerprint density at radius 1 is 1.24 bits per heavy atom. The summed E-state index contributed by atoms with van der Waals surface area (Å²) < 4.78 is 15.5. The Kier molecular flexibility index (Phi) is 3.30. The zero-order valence-electron chi connectivity index (χ0n) is 9.77. The van der Waals surface area contributed by atoms with Crippen molar-refractivity contribution >= 4 is 0 Å². The number of rotatable bonds is 4. The van der Waals surface area contributed by atoms with E-state index in [1.807, 2.05) is 18.2 Å². The average Bonchev–Trinajstić information content (AvgIpc) is 2.86. The van der Waals surface area contributed by atoms with Gasteiger partial charge in [0.25, 0.3) is 0 Å². The number of methoxy groups -OCH3 is 2. The Morgan fingerprint density at radius 2 is 2.06 bits per heavy atom. The minimum atomic E-state index is 0.319. The highest BCUT2D eigenvalue weighted by molar-refractivity contribution is 5.68. The highest BCUT2D eigenvalue weighted by Gasteiger charge is 2.12. The summed E-state index contributed by atoms with van der Waals surface area (Å²) >= 11 is 0. The van der Waals surface area contributed by atoms with Gasteiger partial charge in [0.15, 0.2) is 5.76 Å². The van der Waals surface area contributed by atoms with E-state index in [2.05, 4.69) is 5.16 Å². The van der Waals surface area contributed by atoms with Crippen LogP contribution in [0.25, 0.3) is 11.3 Å². The van der Waals surface area contributed by atoms with Crippen LogP contribution in [0.5, 0.6) is 11.5 Å². The molecule has 5 nitrogen and oxygen atoms in total. The Bertz CT molecular complexity index is 508. The van der Waals surface area contributed by atoms with Crippen LogP contribution in [0.15, 0.2) is 28.8 Å². The molecule has 0 aliphatic carbocycles. The van der Waals surface area contributed by atoms with E-state index in [1.165, 1.54) is 0 Å². The maximum Gasteiger partial charge on any atom is 0.150 e. The Balaban J connectivity index is 2.47. The topological polar surface area (TPSA) is 70.5 Å². The predicted molar refractivity (Wildman–Crippen MR) is 62.9 cm³/mol. The summed E-state index contributed by atoms with van der Waals surface area (Å²) in [4.78, 5) is 0. The first-order chi connectivity index (χ1) is 8.28.